The van der Waals surface area contributed by atoms with Crippen LogP contribution in [0.2, 0.25) is 0 Å². The lowest BCUT2D eigenvalue weighted by Crippen LogP contribution is -2.39. The molecule has 1 atom stereocenters. The van der Waals surface area contributed by atoms with Gasteiger partial charge in [-0.2, -0.15) is 0 Å². The number of fused-ring (bicyclic) bond motifs is 1. The number of hydrogen-bond acceptors (Lipinski definition) is 8. The molecule has 0 bridgehead atoms. The first-order valence-corrected chi connectivity index (χ1v) is 11.1. The van der Waals surface area contributed by atoms with Crippen LogP contribution >= 0.6 is 22.7 Å². The summed E-state index contributed by atoms with van der Waals surface area (Å²) in [6.45, 7) is 3.66. The summed E-state index contributed by atoms with van der Waals surface area (Å²) in [5.74, 6) is -0.505. The van der Waals surface area contributed by atoms with E-state index < -0.39 is 16.9 Å². The molecule has 1 aliphatic heterocycles. The number of thiophene rings is 1. The molecule has 0 radical (unpaired) electrons. The number of nitro groups is 1. The van der Waals surface area contributed by atoms with Crippen LogP contribution in [0, 0.1) is 10.1 Å². The highest BCUT2D eigenvalue weighted by molar-refractivity contribution is 7.10. The molecule has 0 aliphatic carbocycles. The summed E-state index contributed by atoms with van der Waals surface area (Å²) in [5, 5.41) is 12.9. The Morgan fingerprint density at radius 2 is 2.16 bits per heavy atom. The molecule has 31 heavy (non-hydrogen) atoms. The van der Waals surface area contributed by atoms with Crippen molar-refractivity contribution in [1.82, 2.24) is 4.57 Å². The molecule has 3 heterocycles. The van der Waals surface area contributed by atoms with Crippen molar-refractivity contribution >= 4 is 40.4 Å². The second kappa shape index (κ2) is 8.40. The molecule has 0 saturated heterocycles. The fraction of sp³-hybridized carbons (Fsp3) is 0.190. The maximum Gasteiger partial charge on any atom is 0.338 e. The van der Waals surface area contributed by atoms with Gasteiger partial charge in [0, 0.05) is 17.0 Å². The Labute approximate surface area is 184 Å². The van der Waals surface area contributed by atoms with Crippen LogP contribution in [0.3, 0.4) is 0 Å². The molecule has 4 rings (SSSR count). The minimum absolute atomic E-state index is 0.0570. The zero-order valence-corrected chi connectivity index (χ0v) is 18.2. The van der Waals surface area contributed by atoms with Gasteiger partial charge in [-0.05, 0) is 36.9 Å². The van der Waals surface area contributed by atoms with E-state index in [0.717, 1.165) is 4.88 Å². The number of hydrogen-bond donors (Lipinski definition) is 0. The van der Waals surface area contributed by atoms with Gasteiger partial charge in [-0.15, -0.1) is 11.3 Å². The number of nitro benzene ring substituents is 1. The zero-order valence-electron chi connectivity index (χ0n) is 16.6. The van der Waals surface area contributed by atoms with Gasteiger partial charge in [0.05, 0.1) is 27.3 Å². The zero-order chi connectivity index (χ0) is 22.1. The Bertz CT molecular complexity index is 1380. The third-order valence-corrected chi connectivity index (χ3v) is 6.62. The van der Waals surface area contributed by atoms with E-state index in [-0.39, 0.29) is 17.9 Å². The largest absolute Gasteiger partial charge is 0.463 e. The molecular weight excluding hydrogens is 438 g/mol. The summed E-state index contributed by atoms with van der Waals surface area (Å²) in [4.78, 5) is 42.4. The number of nitrogens with zero attached hydrogens (tertiary/aromatic N) is 3. The van der Waals surface area contributed by atoms with E-state index in [2.05, 4.69) is 4.99 Å². The number of aromatic nitrogens is 1. The van der Waals surface area contributed by atoms with Crippen LogP contribution in [-0.4, -0.2) is 22.1 Å². The monoisotopic (exact) mass is 455 g/mol. The van der Waals surface area contributed by atoms with Crippen molar-refractivity contribution in [2.45, 2.75) is 19.9 Å². The van der Waals surface area contributed by atoms with E-state index in [1.807, 2.05) is 17.5 Å². The van der Waals surface area contributed by atoms with E-state index in [4.69, 9.17) is 4.74 Å². The van der Waals surface area contributed by atoms with E-state index in [1.54, 1.807) is 32.1 Å². The number of rotatable bonds is 5. The van der Waals surface area contributed by atoms with Crippen molar-refractivity contribution in [2.75, 3.05) is 6.61 Å². The highest BCUT2D eigenvalue weighted by atomic mass is 32.1. The Morgan fingerprint density at radius 1 is 1.35 bits per heavy atom. The van der Waals surface area contributed by atoms with E-state index in [9.17, 15) is 19.7 Å². The summed E-state index contributed by atoms with van der Waals surface area (Å²) >= 11 is 2.62. The van der Waals surface area contributed by atoms with Crippen molar-refractivity contribution in [3.63, 3.8) is 0 Å². The average Bonchev–Trinajstić information content (AvgIpc) is 3.36. The number of non-ortho nitro benzene ring substituents is 1. The van der Waals surface area contributed by atoms with Crippen molar-refractivity contribution < 1.29 is 14.5 Å². The molecule has 10 heteroatoms. The molecule has 0 fully saturated rings. The molecule has 1 aliphatic rings. The van der Waals surface area contributed by atoms with Gasteiger partial charge < -0.3 is 4.74 Å². The fourth-order valence-electron chi connectivity index (χ4n) is 3.39. The molecule has 0 saturated carbocycles. The van der Waals surface area contributed by atoms with Crippen LogP contribution in [-0.2, 0) is 9.53 Å². The Hall–Kier alpha value is -3.37. The van der Waals surface area contributed by atoms with Gasteiger partial charge in [0.15, 0.2) is 4.80 Å². The van der Waals surface area contributed by atoms with Gasteiger partial charge in [0.2, 0.25) is 0 Å². The third kappa shape index (κ3) is 3.87. The molecule has 3 aromatic rings. The molecule has 1 aromatic carbocycles. The van der Waals surface area contributed by atoms with Crippen LogP contribution in [0.25, 0.3) is 6.08 Å². The molecular formula is C21H17N3O5S2. The summed E-state index contributed by atoms with van der Waals surface area (Å²) in [6.07, 6.45) is 1.60. The maximum atomic E-state index is 13.4. The molecule has 0 spiro atoms. The highest BCUT2D eigenvalue weighted by Gasteiger charge is 2.33. The quantitative estimate of drug-likeness (QED) is 0.334. The number of thiazole rings is 1. The highest BCUT2D eigenvalue weighted by Crippen LogP contribution is 2.33. The van der Waals surface area contributed by atoms with Crippen LogP contribution in [0.15, 0.2) is 62.8 Å². The van der Waals surface area contributed by atoms with E-state index in [0.29, 0.717) is 26.2 Å². The van der Waals surface area contributed by atoms with Crippen molar-refractivity contribution in [2.24, 2.45) is 4.99 Å². The van der Waals surface area contributed by atoms with Crippen molar-refractivity contribution in [3.8, 4) is 0 Å². The summed E-state index contributed by atoms with van der Waals surface area (Å²) in [6, 6.07) is 9.15. The Kier molecular flexibility index (Phi) is 5.66. The summed E-state index contributed by atoms with van der Waals surface area (Å²) < 4.78 is 7.11. The SMILES string of the molecule is CCOC(=O)C1=C(C)N=c2sc(=Cc3cccc([N+](=O)[O-])c3)c(=O)n2[C@@H]1c1cccs1. The van der Waals surface area contributed by atoms with Gasteiger partial charge in [-0.1, -0.05) is 29.5 Å². The van der Waals surface area contributed by atoms with E-state index >= 15 is 0 Å². The van der Waals surface area contributed by atoms with Crippen molar-refractivity contribution in [1.29, 1.82) is 0 Å². The van der Waals surface area contributed by atoms with Gasteiger partial charge in [-0.3, -0.25) is 19.5 Å². The van der Waals surface area contributed by atoms with Crippen LogP contribution < -0.4 is 14.9 Å². The van der Waals surface area contributed by atoms with Gasteiger partial charge in [0.25, 0.3) is 11.2 Å². The summed E-state index contributed by atoms with van der Waals surface area (Å²) in [5.41, 5.74) is 0.994. The minimum atomic E-state index is -0.637. The molecule has 0 amide bonds. The fourth-order valence-corrected chi connectivity index (χ4v) is 5.26. The lowest BCUT2D eigenvalue weighted by atomic mass is 10.0. The van der Waals surface area contributed by atoms with Gasteiger partial charge in [-0.25, -0.2) is 9.79 Å². The molecule has 2 aromatic heterocycles. The van der Waals surface area contributed by atoms with Crippen LogP contribution in [0.5, 0.6) is 0 Å². The first-order valence-electron chi connectivity index (χ1n) is 9.38. The smallest absolute Gasteiger partial charge is 0.338 e. The topological polar surface area (TPSA) is 104 Å². The lowest BCUT2D eigenvalue weighted by molar-refractivity contribution is -0.384. The molecule has 158 valence electrons. The van der Waals surface area contributed by atoms with Gasteiger partial charge in [0.1, 0.15) is 6.04 Å². The molecule has 8 nitrogen and oxygen atoms in total. The number of carbonyl (C=O) groups excluding carboxylic acids is 1. The van der Waals surface area contributed by atoms with Crippen LogP contribution in [0.4, 0.5) is 5.69 Å². The molecule has 0 unspecified atom stereocenters. The number of esters is 1. The summed E-state index contributed by atoms with van der Waals surface area (Å²) in [7, 11) is 0. The number of benzene rings is 1. The minimum Gasteiger partial charge on any atom is -0.463 e. The van der Waals surface area contributed by atoms with E-state index in [1.165, 1.54) is 39.4 Å². The third-order valence-electron chi connectivity index (χ3n) is 4.71. The Morgan fingerprint density at radius 3 is 2.84 bits per heavy atom. The Balaban J connectivity index is 1.92. The normalized spacial score (nSPS) is 16.1. The first-order chi connectivity index (χ1) is 14.9. The average molecular weight is 456 g/mol. The predicted molar refractivity (Wildman–Crippen MR) is 118 cm³/mol. The maximum absolute atomic E-state index is 13.4. The van der Waals surface area contributed by atoms with Crippen molar-refractivity contribution in [3.05, 3.63) is 93.3 Å². The second-order valence-electron chi connectivity index (χ2n) is 6.67. The van der Waals surface area contributed by atoms with Crippen LogP contribution in [0.1, 0.15) is 30.3 Å². The number of carbonyl (C=O) groups is 1. The predicted octanol–water partition coefficient (Wildman–Crippen LogP) is 2.77. The first kappa shape index (κ1) is 20.9. The number of ether oxygens (including phenoxy) is 1. The lowest BCUT2D eigenvalue weighted by Gasteiger charge is -2.23. The number of allylic oxidation sites excluding steroid dienone is 1. The second-order valence-corrected chi connectivity index (χ2v) is 8.66. The van der Waals surface area contributed by atoms with Gasteiger partial charge >= 0.3 is 5.97 Å². The molecule has 0 N–H and O–H groups in total. The standard InChI is InChI=1S/C21H17N3O5S2/c1-3-29-20(26)17-12(2)22-21-23(18(17)15-8-5-9-30-15)19(25)16(31-21)11-13-6-4-7-14(10-13)24(27)28/h4-11,18H,3H2,1-2H3/t18-/m1/s1.